The SMILES string of the molecule is COc1ccccc1N1CCN(C(=O)c2csc(CSc3nnc(Cc4ccccc4)n3-c3cccc(Cl)c3)n2)CC1. The molecule has 6 rings (SSSR count). The van der Waals surface area contributed by atoms with Gasteiger partial charge in [0.25, 0.3) is 5.91 Å². The van der Waals surface area contributed by atoms with Crippen LogP contribution in [0.25, 0.3) is 5.69 Å². The maximum Gasteiger partial charge on any atom is 0.273 e. The number of methoxy groups -OCH3 is 1. The summed E-state index contributed by atoms with van der Waals surface area (Å²) in [4.78, 5) is 22.1. The third-order valence-electron chi connectivity index (χ3n) is 7.06. The molecule has 0 atom stereocenters. The third-order valence-corrected chi connectivity index (χ3v) is 9.27. The molecular weight excluding hydrogens is 588 g/mol. The Morgan fingerprint density at radius 2 is 1.76 bits per heavy atom. The van der Waals surface area contributed by atoms with Gasteiger partial charge in [-0.3, -0.25) is 9.36 Å². The number of anilines is 1. The number of para-hydroxylation sites is 2. The highest BCUT2D eigenvalue weighted by Gasteiger charge is 2.25. The van der Waals surface area contributed by atoms with Gasteiger partial charge >= 0.3 is 0 Å². The fraction of sp³-hybridized carbons (Fsp3) is 0.226. The average Bonchev–Trinajstić information content (AvgIpc) is 3.67. The molecule has 3 aromatic carbocycles. The van der Waals surface area contributed by atoms with Crippen LogP contribution in [0.1, 0.15) is 26.9 Å². The summed E-state index contributed by atoms with van der Waals surface area (Å²) in [5, 5.41) is 13.2. The second-order valence-corrected chi connectivity index (χ2v) is 12.1. The van der Waals surface area contributed by atoms with Crippen molar-refractivity contribution in [1.82, 2.24) is 24.6 Å². The molecule has 1 saturated heterocycles. The minimum atomic E-state index is -0.0329. The van der Waals surface area contributed by atoms with Crippen LogP contribution in [0.2, 0.25) is 5.02 Å². The number of ether oxygens (including phenoxy) is 1. The Balaban J connectivity index is 1.12. The molecule has 2 aromatic heterocycles. The maximum absolute atomic E-state index is 13.3. The van der Waals surface area contributed by atoms with Crippen LogP contribution in [-0.4, -0.2) is 63.8 Å². The molecule has 1 fully saturated rings. The first-order valence-corrected chi connectivity index (χ1v) is 15.8. The van der Waals surface area contributed by atoms with Crippen LogP contribution < -0.4 is 9.64 Å². The first-order chi connectivity index (χ1) is 20.6. The van der Waals surface area contributed by atoms with E-state index in [1.54, 1.807) is 18.9 Å². The van der Waals surface area contributed by atoms with E-state index in [0.29, 0.717) is 36.0 Å². The zero-order chi connectivity index (χ0) is 28.9. The van der Waals surface area contributed by atoms with Crippen molar-refractivity contribution in [3.63, 3.8) is 0 Å². The average molecular weight is 617 g/mol. The summed E-state index contributed by atoms with van der Waals surface area (Å²) in [7, 11) is 1.68. The van der Waals surface area contributed by atoms with Crippen LogP contribution in [0.3, 0.4) is 0 Å². The lowest BCUT2D eigenvalue weighted by Gasteiger charge is -2.36. The van der Waals surface area contributed by atoms with E-state index in [1.165, 1.54) is 11.3 Å². The molecule has 0 N–H and O–H groups in total. The van der Waals surface area contributed by atoms with Gasteiger partial charge in [-0.2, -0.15) is 0 Å². The Labute approximate surface area is 257 Å². The first kappa shape index (κ1) is 28.3. The second-order valence-electron chi connectivity index (χ2n) is 9.74. The van der Waals surface area contributed by atoms with Gasteiger partial charge in [0, 0.05) is 43.0 Å². The normalized spacial score (nSPS) is 13.4. The first-order valence-electron chi connectivity index (χ1n) is 13.6. The van der Waals surface area contributed by atoms with E-state index in [1.807, 2.05) is 75.5 Å². The Morgan fingerprint density at radius 1 is 0.976 bits per heavy atom. The summed E-state index contributed by atoms with van der Waals surface area (Å²) in [6, 6.07) is 25.9. The summed E-state index contributed by atoms with van der Waals surface area (Å²) in [6.45, 7) is 2.74. The molecule has 8 nitrogen and oxygen atoms in total. The van der Waals surface area contributed by atoms with Gasteiger partial charge < -0.3 is 14.5 Å². The van der Waals surface area contributed by atoms with Crippen LogP contribution in [0.5, 0.6) is 5.75 Å². The van der Waals surface area contributed by atoms with Crippen molar-refractivity contribution >= 4 is 46.3 Å². The molecule has 3 heterocycles. The van der Waals surface area contributed by atoms with Crippen molar-refractivity contribution in [2.75, 3.05) is 38.2 Å². The van der Waals surface area contributed by atoms with Crippen LogP contribution in [0.4, 0.5) is 5.69 Å². The smallest absolute Gasteiger partial charge is 0.273 e. The number of halogens is 1. The van der Waals surface area contributed by atoms with Crippen molar-refractivity contribution in [3.05, 3.63) is 111 Å². The number of carbonyl (C=O) groups is 1. The Bertz CT molecular complexity index is 1670. The largest absolute Gasteiger partial charge is 0.495 e. The Morgan fingerprint density at radius 3 is 2.55 bits per heavy atom. The summed E-state index contributed by atoms with van der Waals surface area (Å²) < 4.78 is 7.56. The number of thioether (sulfide) groups is 1. The number of hydrogen-bond donors (Lipinski definition) is 0. The van der Waals surface area contributed by atoms with Gasteiger partial charge in [0.05, 0.1) is 24.2 Å². The molecule has 0 spiro atoms. The molecule has 1 aliphatic heterocycles. The van der Waals surface area contributed by atoms with Gasteiger partial charge in [0.1, 0.15) is 22.3 Å². The summed E-state index contributed by atoms with van der Waals surface area (Å²) >= 11 is 9.37. The maximum atomic E-state index is 13.3. The molecule has 42 heavy (non-hydrogen) atoms. The molecule has 1 aliphatic rings. The number of nitrogens with zero attached hydrogens (tertiary/aromatic N) is 6. The predicted molar refractivity (Wildman–Crippen MR) is 168 cm³/mol. The number of thiazole rings is 1. The van der Waals surface area contributed by atoms with Gasteiger partial charge in [0.2, 0.25) is 0 Å². The van der Waals surface area contributed by atoms with E-state index < -0.39 is 0 Å². The van der Waals surface area contributed by atoms with Crippen molar-refractivity contribution in [1.29, 1.82) is 0 Å². The molecule has 11 heteroatoms. The quantitative estimate of drug-likeness (QED) is 0.182. The number of hydrogen-bond acceptors (Lipinski definition) is 8. The van der Waals surface area contributed by atoms with Crippen molar-refractivity contribution in [3.8, 4) is 11.4 Å². The van der Waals surface area contributed by atoms with E-state index in [2.05, 4.69) is 33.3 Å². The standard InChI is InChI=1S/C31H29ClN6O2S2/c1-40-27-13-6-5-12-26(27)36-14-16-37(17-15-36)30(39)25-20-41-29(33-25)21-42-31-35-34-28(18-22-8-3-2-4-9-22)38(31)24-11-7-10-23(32)19-24/h2-13,19-20H,14-18,21H2,1H3. The van der Waals surface area contributed by atoms with Crippen LogP contribution >= 0.6 is 34.7 Å². The highest BCUT2D eigenvalue weighted by atomic mass is 35.5. The highest BCUT2D eigenvalue weighted by molar-refractivity contribution is 7.98. The number of carbonyl (C=O) groups excluding carboxylic acids is 1. The monoisotopic (exact) mass is 616 g/mol. The molecule has 0 saturated carbocycles. The Kier molecular flexibility index (Phi) is 8.73. The van der Waals surface area contributed by atoms with Crippen LogP contribution in [0, 0.1) is 0 Å². The minimum Gasteiger partial charge on any atom is -0.495 e. The third kappa shape index (κ3) is 6.30. The van der Waals surface area contributed by atoms with Crippen molar-refractivity contribution in [2.45, 2.75) is 17.3 Å². The van der Waals surface area contributed by atoms with Gasteiger partial charge in [-0.05, 0) is 35.9 Å². The summed E-state index contributed by atoms with van der Waals surface area (Å²) in [5.41, 5.74) is 3.60. The second kappa shape index (κ2) is 13.0. The number of rotatable bonds is 9. The van der Waals surface area contributed by atoms with E-state index in [4.69, 9.17) is 21.3 Å². The molecule has 0 aliphatic carbocycles. The van der Waals surface area contributed by atoms with Gasteiger partial charge in [-0.15, -0.1) is 21.5 Å². The lowest BCUT2D eigenvalue weighted by Crippen LogP contribution is -2.49. The lowest BCUT2D eigenvalue weighted by molar-refractivity contribution is 0.0741. The Hall–Kier alpha value is -3.86. The topological polar surface area (TPSA) is 76.4 Å². The van der Waals surface area contributed by atoms with E-state index in [-0.39, 0.29) is 5.91 Å². The fourth-order valence-electron chi connectivity index (χ4n) is 4.97. The zero-order valence-electron chi connectivity index (χ0n) is 23.0. The van der Waals surface area contributed by atoms with Gasteiger partial charge in [0.15, 0.2) is 5.16 Å². The summed E-state index contributed by atoms with van der Waals surface area (Å²) in [5.74, 6) is 2.21. The van der Waals surface area contributed by atoms with Crippen molar-refractivity contribution < 1.29 is 9.53 Å². The fourth-order valence-corrected chi connectivity index (χ4v) is 6.91. The van der Waals surface area contributed by atoms with Gasteiger partial charge in [-0.25, -0.2) is 4.98 Å². The predicted octanol–water partition coefficient (Wildman–Crippen LogP) is 6.23. The highest BCUT2D eigenvalue weighted by Crippen LogP contribution is 2.30. The zero-order valence-corrected chi connectivity index (χ0v) is 25.4. The molecule has 0 unspecified atom stereocenters. The van der Waals surface area contributed by atoms with E-state index in [9.17, 15) is 4.79 Å². The van der Waals surface area contributed by atoms with E-state index >= 15 is 0 Å². The number of amides is 1. The molecule has 5 aromatic rings. The van der Waals surface area contributed by atoms with E-state index in [0.717, 1.165) is 51.8 Å². The van der Waals surface area contributed by atoms with Crippen LogP contribution in [-0.2, 0) is 12.2 Å². The molecule has 1 amide bonds. The number of benzene rings is 3. The molecule has 0 radical (unpaired) electrons. The minimum absolute atomic E-state index is 0.0329. The van der Waals surface area contributed by atoms with Crippen LogP contribution in [0.15, 0.2) is 89.4 Å². The number of piperazine rings is 1. The van der Waals surface area contributed by atoms with Crippen molar-refractivity contribution in [2.24, 2.45) is 0 Å². The number of aromatic nitrogens is 4. The van der Waals surface area contributed by atoms with Gasteiger partial charge in [-0.1, -0.05) is 71.9 Å². The molecular formula is C31H29ClN6O2S2. The summed E-state index contributed by atoms with van der Waals surface area (Å²) in [6.07, 6.45) is 0.640. The molecule has 214 valence electrons. The lowest BCUT2D eigenvalue weighted by atomic mass is 10.1. The molecule has 0 bridgehead atoms.